The Morgan fingerprint density at radius 1 is 0.711 bits per heavy atom. The van der Waals surface area contributed by atoms with Crippen molar-refractivity contribution in [2.24, 2.45) is 4.99 Å². The molecule has 38 heavy (non-hydrogen) atoms. The van der Waals surface area contributed by atoms with Gasteiger partial charge in [0.1, 0.15) is 5.75 Å². The van der Waals surface area contributed by atoms with Crippen LogP contribution < -0.4 is 0 Å². The van der Waals surface area contributed by atoms with Crippen LogP contribution in [0, 0.1) is 0 Å². The fourth-order valence-electron chi connectivity index (χ4n) is 6.33. The van der Waals surface area contributed by atoms with Crippen LogP contribution in [0.3, 0.4) is 0 Å². The maximum absolute atomic E-state index is 9.15. The molecular formula is C33H48ClNOPRu. The van der Waals surface area contributed by atoms with E-state index in [0.29, 0.717) is 7.92 Å². The second kappa shape index (κ2) is 19.2. The predicted molar refractivity (Wildman–Crippen MR) is 167 cm³/mol. The molecule has 0 amide bonds. The minimum absolute atomic E-state index is 0.0765. The summed E-state index contributed by atoms with van der Waals surface area (Å²) in [5.74, 6) is 0.271. The Morgan fingerprint density at radius 3 is 1.58 bits per heavy atom. The van der Waals surface area contributed by atoms with Crippen LogP contribution in [0.15, 0.2) is 59.6 Å². The molecule has 0 aromatic heterocycles. The molecule has 0 unspecified atom stereocenters. The van der Waals surface area contributed by atoms with Crippen molar-refractivity contribution in [2.75, 3.05) is 7.05 Å². The number of benzene rings is 2. The number of para-hydroxylation sites is 1. The van der Waals surface area contributed by atoms with Gasteiger partial charge in [-0.15, -0.1) is 0 Å². The molecule has 2 nitrogen and oxygen atoms in total. The molecule has 3 aliphatic rings. The summed E-state index contributed by atoms with van der Waals surface area (Å²) in [6.07, 6.45) is 25.2. The molecule has 0 heterocycles. The number of aliphatic imine (C=N–C) groups is 1. The molecule has 0 saturated heterocycles. The number of rotatable bonds is 5. The van der Waals surface area contributed by atoms with Crippen LogP contribution in [0.4, 0.5) is 0 Å². The Balaban J connectivity index is 0.000000177. The van der Waals surface area contributed by atoms with Crippen LogP contribution in [-0.4, -0.2) is 40.0 Å². The van der Waals surface area contributed by atoms with Crippen molar-refractivity contribution in [1.29, 1.82) is 0 Å². The van der Waals surface area contributed by atoms with Gasteiger partial charge < -0.3 is 5.11 Å². The van der Waals surface area contributed by atoms with Gasteiger partial charge in [0.25, 0.3) is 0 Å². The number of aromatic hydroxyl groups is 1. The number of phenolic OH excluding ortho intramolecular Hbond substituents is 1. The van der Waals surface area contributed by atoms with Gasteiger partial charge in [0.2, 0.25) is 0 Å². The first-order valence-corrected chi connectivity index (χ1v) is 19.6. The topological polar surface area (TPSA) is 32.6 Å². The molecule has 5 heteroatoms. The standard InChI is InChI=1S/C18H33P.C8H9NO.C7H6.ClH.Ru/c1-4-10-16(11-5-1)19(17-12-6-2-7-13-17)18-14-8-3-9-15-18;1-9-6-7-4-2-3-5-8(7)10;1-7-5-3-2-4-6-7;;/h16-18H,1-15H2;2-6,10H,1H3;1-6H;1H;/q;;;;+1/p-1. The number of hydrogen-bond acceptors (Lipinski definition) is 2. The van der Waals surface area contributed by atoms with Crippen molar-refractivity contribution < 1.29 is 20.8 Å². The molecule has 3 fully saturated rings. The molecule has 0 bridgehead atoms. The van der Waals surface area contributed by atoms with E-state index in [1.54, 1.807) is 102 Å². The molecule has 2 aromatic carbocycles. The first-order valence-electron chi connectivity index (χ1n) is 14.8. The molecule has 2 aromatic rings. The Labute approximate surface area is 245 Å². The molecule has 0 atom stereocenters. The van der Waals surface area contributed by atoms with Crippen LogP contribution >= 0.6 is 17.6 Å². The zero-order chi connectivity index (χ0) is 26.8. The Hall–Kier alpha value is -0.877. The zero-order valence-electron chi connectivity index (χ0n) is 23.3. The van der Waals surface area contributed by atoms with E-state index in [1.807, 2.05) is 30.3 Å². The van der Waals surface area contributed by atoms with Gasteiger partial charge in [0, 0.05) is 18.8 Å². The third kappa shape index (κ3) is 11.3. The van der Waals surface area contributed by atoms with E-state index < -0.39 is 0 Å². The predicted octanol–water partition coefficient (Wildman–Crippen LogP) is 9.98. The molecule has 0 spiro atoms. The number of halogens is 1. The van der Waals surface area contributed by atoms with Gasteiger partial charge in [0.15, 0.2) is 0 Å². The van der Waals surface area contributed by atoms with Gasteiger partial charge in [-0.1, -0.05) is 77.8 Å². The summed E-state index contributed by atoms with van der Waals surface area (Å²) in [6, 6.07) is 17.2. The molecule has 5 rings (SSSR count). The van der Waals surface area contributed by atoms with Gasteiger partial charge >= 0.3 is 65.9 Å². The van der Waals surface area contributed by atoms with Gasteiger partial charge in [0.05, 0.1) is 0 Å². The molecule has 0 aliphatic heterocycles. The van der Waals surface area contributed by atoms with Crippen LogP contribution in [0.25, 0.3) is 0 Å². The van der Waals surface area contributed by atoms with E-state index in [9.17, 15) is 0 Å². The average Bonchev–Trinajstić information content (AvgIpc) is 2.98. The summed E-state index contributed by atoms with van der Waals surface area (Å²) >= 11 is -0.0765. The fourth-order valence-corrected chi connectivity index (χ4v) is 12.1. The maximum atomic E-state index is 9.15. The molecular weight excluding hydrogens is 594 g/mol. The van der Waals surface area contributed by atoms with E-state index in [1.165, 1.54) is 41.8 Å². The fraction of sp³-hybridized carbons (Fsp3) is 0.576. The van der Waals surface area contributed by atoms with Crippen molar-refractivity contribution in [1.82, 2.24) is 0 Å². The number of hydrogen-bond donors (Lipinski definition) is 1. The summed E-state index contributed by atoms with van der Waals surface area (Å²) < 4.78 is 2.06. The van der Waals surface area contributed by atoms with Crippen molar-refractivity contribution in [2.45, 2.75) is 113 Å². The van der Waals surface area contributed by atoms with Crippen LogP contribution in [0.2, 0.25) is 0 Å². The molecule has 211 valence electrons. The van der Waals surface area contributed by atoms with Crippen molar-refractivity contribution in [3.63, 3.8) is 0 Å². The van der Waals surface area contributed by atoms with E-state index in [-0.39, 0.29) is 21.4 Å². The first kappa shape index (κ1) is 31.6. The van der Waals surface area contributed by atoms with E-state index in [2.05, 4.69) is 21.7 Å². The van der Waals surface area contributed by atoms with Crippen LogP contribution in [-0.2, 0) is 15.7 Å². The Morgan fingerprint density at radius 2 is 1.16 bits per heavy atom. The second-order valence-electron chi connectivity index (χ2n) is 10.9. The summed E-state index contributed by atoms with van der Waals surface area (Å²) in [4.78, 5) is 3.78. The first-order chi connectivity index (χ1) is 18.7. The normalized spacial score (nSPS) is 19.9. The Kier molecular flexibility index (Phi) is 16.0. The third-order valence-corrected chi connectivity index (χ3v) is 13.5. The van der Waals surface area contributed by atoms with Crippen LogP contribution in [0.5, 0.6) is 5.75 Å². The summed E-state index contributed by atoms with van der Waals surface area (Å²) in [5, 5.41) is 9.15. The second-order valence-corrected chi connectivity index (χ2v) is 15.7. The number of nitrogens with zero attached hydrogens (tertiary/aromatic N) is 1. The SMILES string of the molecule is C1CCC(P(C2CCCCC2)C2CCCCC2)CC1.CN=Cc1ccccc1O.[Cl][Ru]=[CH]c1ccccc1. The van der Waals surface area contributed by atoms with Gasteiger partial charge in [-0.3, -0.25) is 4.99 Å². The van der Waals surface area contributed by atoms with E-state index in [0.717, 1.165) is 5.56 Å². The number of phenols is 1. The molecule has 3 aliphatic carbocycles. The van der Waals surface area contributed by atoms with Crippen molar-refractivity contribution in [3.8, 4) is 5.75 Å². The van der Waals surface area contributed by atoms with E-state index in [4.69, 9.17) is 14.8 Å². The van der Waals surface area contributed by atoms with Crippen LogP contribution in [0.1, 0.15) is 107 Å². The summed E-state index contributed by atoms with van der Waals surface area (Å²) in [6.45, 7) is 0. The average molecular weight is 642 g/mol. The third-order valence-electron chi connectivity index (χ3n) is 8.15. The molecule has 0 radical (unpaired) electrons. The van der Waals surface area contributed by atoms with E-state index >= 15 is 0 Å². The summed E-state index contributed by atoms with van der Waals surface area (Å²) in [7, 11) is 7.63. The van der Waals surface area contributed by atoms with Gasteiger partial charge in [-0.2, -0.15) is 0 Å². The summed E-state index contributed by atoms with van der Waals surface area (Å²) in [5.41, 5.74) is 5.55. The van der Waals surface area contributed by atoms with Gasteiger partial charge in [-0.25, -0.2) is 0 Å². The molecule has 3 saturated carbocycles. The monoisotopic (exact) mass is 642 g/mol. The Bertz CT molecular complexity index is 892. The van der Waals surface area contributed by atoms with Crippen molar-refractivity contribution in [3.05, 3.63) is 65.7 Å². The van der Waals surface area contributed by atoms with Gasteiger partial charge in [-0.05, 0) is 67.6 Å². The van der Waals surface area contributed by atoms with Crippen molar-refractivity contribution >= 4 is 28.4 Å². The zero-order valence-corrected chi connectivity index (χ0v) is 26.7. The minimum atomic E-state index is -0.0765. The quantitative estimate of drug-likeness (QED) is 0.197. The molecule has 1 N–H and O–H groups in total.